The molecule has 0 atom stereocenters. The number of rotatable bonds is 3. The molecule has 1 N–H and O–H groups in total. The highest BCUT2D eigenvalue weighted by molar-refractivity contribution is 5.93. The molecule has 0 bridgehead atoms. The molecule has 21 heavy (non-hydrogen) atoms. The number of halogens is 1. The number of nitrogens with one attached hydrogen (secondary N) is 1. The van der Waals surface area contributed by atoms with Gasteiger partial charge in [-0.1, -0.05) is 12.1 Å². The Kier molecular flexibility index (Phi) is 3.48. The van der Waals surface area contributed by atoms with E-state index in [1.54, 1.807) is 18.2 Å². The molecule has 2 aromatic carbocycles. The second kappa shape index (κ2) is 5.44. The van der Waals surface area contributed by atoms with Gasteiger partial charge >= 0.3 is 0 Å². The number of benzene rings is 2. The fourth-order valence-corrected chi connectivity index (χ4v) is 2.16. The summed E-state index contributed by atoms with van der Waals surface area (Å²) in [5, 5.41) is 2.72. The van der Waals surface area contributed by atoms with E-state index in [4.69, 9.17) is 9.47 Å². The molecule has 1 heterocycles. The van der Waals surface area contributed by atoms with Crippen LogP contribution in [0.2, 0.25) is 0 Å². The summed E-state index contributed by atoms with van der Waals surface area (Å²) in [6, 6.07) is 9.67. The molecule has 1 amide bonds. The minimum atomic E-state index is -0.376. The molecule has 0 spiro atoms. The van der Waals surface area contributed by atoms with Crippen molar-refractivity contribution < 1.29 is 18.7 Å². The van der Waals surface area contributed by atoms with Crippen molar-refractivity contribution in [3.8, 4) is 11.5 Å². The lowest BCUT2D eigenvalue weighted by Gasteiger charge is -2.09. The Labute approximate surface area is 121 Å². The van der Waals surface area contributed by atoms with E-state index in [1.165, 1.54) is 12.1 Å². The van der Waals surface area contributed by atoms with Gasteiger partial charge in [0.05, 0.1) is 6.42 Å². The van der Waals surface area contributed by atoms with Crippen molar-refractivity contribution in [2.75, 3.05) is 12.1 Å². The Morgan fingerprint density at radius 1 is 1.19 bits per heavy atom. The number of fused-ring (bicyclic) bond motifs is 1. The van der Waals surface area contributed by atoms with Crippen LogP contribution in [0.15, 0.2) is 36.4 Å². The zero-order valence-corrected chi connectivity index (χ0v) is 11.5. The summed E-state index contributed by atoms with van der Waals surface area (Å²) >= 11 is 0. The topological polar surface area (TPSA) is 47.6 Å². The van der Waals surface area contributed by atoms with Crippen molar-refractivity contribution in [2.24, 2.45) is 0 Å². The lowest BCUT2D eigenvalue weighted by molar-refractivity contribution is -0.115. The van der Waals surface area contributed by atoms with Crippen LogP contribution in [0, 0.1) is 12.7 Å². The maximum atomic E-state index is 13.2. The predicted octanol–water partition coefficient (Wildman–Crippen LogP) is 3.04. The maximum Gasteiger partial charge on any atom is 0.231 e. The van der Waals surface area contributed by atoms with Crippen molar-refractivity contribution in [2.45, 2.75) is 13.3 Å². The Bertz CT molecular complexity index is 700. The second-order valence-electron chi connectivity index (χ2n) is 4.87. The predicted molar refractivity (Wildman–Crippen MR) is 76.0 cm³/mol. The van der Waals surface area contributed by atoms with Crippen molar-refractivity contribution in [1.29, 1.82) is 0 Å². The molecule has 0 aromatic heterocycles. The van der Waals surface area contributed by atoms with E-state index in [9.17, 15) is 9.18 Å². The summed E-state index contributed by atoms with van der Waals surface area (Å²) in [5.41, 5.74) is 2.11. The summed E-state index contributed by atoms with van der Waals surface area (Å²) in [4.78, 5) is 12.0. The molecule has 1 aliphatic heterocycles. The first-order valence-corrected chi connectivity index (χ1v) is 6.56. The molecular formula is C16H14FNO3. The molecule has 5 heteroatoms. The Hall–Kier alpha value is -2.56. The Morgan fingerprint density at radius 3 is 2.86 bits per heavy atom. The molecule has 0 fully saturated rings. The van der Waals surface area contributed by atoms with Crippen LogP contribution in [-0.4, -0.2) is 12.7 Å². The normalized spacial score (nSPS) is 12.3. The van der Waals surface area contributed by atoms with Crippen LogP contribution in [0.25, 0.3) is 0 Å². The minimum absolute atomic E-state index is 0.187. The summed E-state index contributed by atoms with van der Waals surface area (Å²) in [7, 11) is 0. The summed E-state index contributed by atoms with van der Waals surface area (Å²) in [5.74, 6) is 0.740. The number of carbonyl (C=O) groups is 1. The van der Waals surface area contributed by atoms with Gasteiger partial charge in [-0.15, -0.1) is 0 Å². The van der Waals surface area contributed by atoms with Gasteiger partial charge in [-0.25, -0.2) is 4.39 Å². The number of carbonyl (C=O) groups excluding carboxylic acids is 1. The largest absolute Gasteiger partial charge is 0.454 e. The van der Waals surface area contributed by atoms with Crippen LogP contribution in [0.1, 0.15) is 11.1 Å². The summed E-state index contributed by atoms with van der Waals surface area (Å²) < 4.78 is 23.7. The Balaban J connectivity index is 1.70. The van der Waals surface area contributed by atoms with E-state index in [1.807, 2.05) is 13.0 Å². The van der Waals surface area contributed by atoms with Gasteiger partial charge in [0.25, 0.3) is 0 Å². The van der Waals surface area contributed by atoms with Gasteiger partial charge in [0.15, 0.2) is 11.5 Å². The van der Waals surface area contributed by atoms with Crippen LogP contribution in [0.3, 0.4) is 0 Å². The van der Waals surface area contributed by atoms with Crippen LogP contribution in [0.5, 0.6) is 11.5 Å². The molecule has 0 radical (unpaired) electrons. The van der Waals surface area contributed by atoms with E-state index in [-0.39, 0.29) is 24.9 Å². The number of hydrogen-bond donors (Lipinski definition) is 1. The molecular weight excluding hydrogens is 273 g/mol. The van der Waals surface area contributed by atoms with Crippen LogP contribution >= 0.6 is 0 Å². The molecule has 0 aliphatic carbocycles. The van der Waals surface area contributed by atoms with E-state index >= 15 is 0 Å². The number of aryl methyl sites for hydroxylation is 1. The standard InChI is InChI=1S/C16H14FNO3/c1-10-2-4-12(17)8-13(10)18-16(19)7-11-3-5-14-15(6-11)21-9-20-14/h2-6,8H,7,9H2,1H3,(H,18,19). The Morgan fingerprint density at radius 2 is 2.00 bits per heavy atom. The zero-order valence-electron chi connectivity index (χ0n) is 11.5. The highest BCUT2D eigenvalue weighted by Crippen LogP contribution is 2.32. The smallest absolute Gasteiger partial charge is 0.231 e. The number of amides is 1. The van der Waals surface area contributed by atoms with E-state index in [2.05, 4.69) is 5.32 Å². The quantitative estimate of drug-likeness (QED) is 0.944. The third-order valence-electron chi connectivity index (χ3n) is 3.28. The fraction of sp³-hybridized carbons (Fsp3) is 0.188. The van der Waals surface area contributed by atoms with Crippen molar-refractivity contribution >= 4 is 11.6 Å². The molecule has 1 aliphatic rings. The fourth-order valence-electron chi connectivity index (χ4n) is 2.16. The van der Waals surface area contributed by atoms with E-state index < -0.39 is 0 Å². The van der Waals surface area contributed by atoms with E-state index in [0.717, 1.165) is 11.1 Å². The minimum Gasteiger partial charge on any atom is -0.454 e. The third-order valence-corrected chi connectivity index (χ3v) is 3.28. The average molecular weight is 287 g/mol. The monoisotopic (exact) mass is 287 g/mol. The zero-order chi connectivity index (χ0) is 14.8. The molecule has 108 valence electrons. The average Bonchev–Trinajstić information content (AvgIpc) is 2.90. The first kappa shape index (κ1) is 13.4. The first-order chi connectivity index (χ1) is 10.1. The van der Waals surface area contributed by atoms with Crippen LogP contribution in [0.4, 0.5) is 10.1 Å². The van der Waals surface area contributed by atoms with Gasteiger partial charge in [-0.05, 0) is 42.3 Å². The molecule has 2 aromatic rings. The van der Waals surface area contributed by atoms with Crippen LogP contribution < -0.4 is 14.8 Å². The number of hydrogen-bond acceptors (Lipinski definition) is 3. The molecule has 4 nitrogen and oxygen atoms in total. The number of anilines is 1. The molecule has 0 saturated heterocycles. The highest BCUT2D eigenvalue weighted by atomic mass is 19.1. The second-order valence-corrected chi connectivity index (χ2v) is 4.87. The van der Waals surface area contributed by atoms with Crippen molar-refractivity contribution in [3.63, 3.8) is 0 Å². The summed E-state index contributed by atoms with van der Waals surface area (Å²) in [6.07, 6.45) is 0.187. The molecule has 0 unspecified atom stereocenters. The first-order valence-electron chi connectivity index (χ1n) is 6.56. The van der Waals surface area contributed by atoms with Crippen molar-refractivity contribution in [3.05, 3.63) is 53.3 Å². The van der Waals surface area contributed by atoms with Gasteiger partial charge in [0.2, 0.25) is 12.7 Å². The van der Waals surface area contributed by atoms with Gasteiger partial charge in [0, 0.05) is 5.69 Å². The van der Waals surface area contributed by atoms with Gasteiger partial charge < -0.3 is 14.8 Å². The number of ether oxygens (including phenoxy) is 2. The van der Waals surface area contributed by atoms with Gasteiger partial charge in [0.1, 0.15) is 5.82 Å². The molecule has 3 rings (SSSR count). The third kappa shape index (κ3) is 2.97. The van der Waals surface area contributed by atoms with E-state index in [0.29, 0.717) is 17.2 Å². The SMILES string of the molecule is Cc1ccc(F)cc1NC(=O)Cc1ccc2c(c1)OCO2. The lowest BCUT2D eigenvalue weighted by atomic mass is 10.1. The maximum absolute atomic E-state index is 13.2. The van der Waals surface area contributed by atoms with Crippen molar-refractivity contribution in [1.82, 2.24) is 0 Å². The lowest BCUT2D eigenvalue weighted by Crippen LogP contribution is -2.15. The van der Waals surface area contributed by atoms with Crippen LogP contribution in [-0.2, 0) is 11.2 Å². The van der Waals surface area contributed by atoms with Gasteiger partial charge in [-0.2, -0.15) is 0 Å². The highest BCUT2D eigenvalue weighted by Gasteiger charge is 2.14. The van der Waals surface area contributed by atoms with Gasteiger partial charge in [-0.3, -0.25) is 4.79 Å². The summed E-state index contributed by atoms with van der Waals surface area (Å²) in [6.45, 7) is 2.02. The molecule has 0 saturated carbocycles.